The molecule has 0 aliphatic rings. The number of guanidine groups is 1. The highest BCUT2D eigenvalue weighted by molar-refractivity contribution is 7.11. The van der Waals surface area contributed by atoms with E-state index in [1.807, 2.05) is 11.3 Å². The van der Waals surface area contributed by atoms with Crippen LogP contribution in [0.1, 0.15) is 30.5 Å². The molecule has 4 nitrogen and oxygen atoms in total. The van der Waals surface area contributed by atoms with Crippen molar-refractivity contribution in [2.24, 2.45) is 16.8 Å². The van der Waals surface area contributed by atoms with E-state index in [0.717, 1.165) is 13.0 Å². The molecule has 0 radical (unpaired) electrons. The van der Waals surface area contributed by atoms with E-state index in [0.29, 0.717) is 17.9 Å². The molecule has 0 aromatic carbocycles. The van der Waals surface area contributed by atoms with Crippen LogP contribution in [0.2, 0.25) is 0 Å². The number of nitrogens with one attached hydrogen (secondary N) is 2. The largest absolute Gasteiger partial charge is 0.353 e. The van der Waals surface area contributed by atoms with Crippen LogP contribution in [0.25, 0.3) is 0 Å². The van der Waals surface area contributed by atoms with Gasteiger partial charge in [-0.25, -0.2) is 5.84 Å². The van der Waals surface area contributed by atoms with Crippen LogP contribution in [0.3, 0.4) is 0 Å². The topological polar surface area (TPSA) is 62.4 Å². The molecule has 1 heterocycles. The predicted molar refractivity (Wildman–Crippen MR) is 79.8 cm³/mol. The SMILES string of the molecule is Cc1ccc(CC(C)NC(=NCC(C)C)NN)s1. The highest BCUT2D eigenvalue weighted by Gasteiger charge is 2.07. The first-order valence-corrected chi connectivity index (χ1v) is 7.15. The Morgan fingerprint density at radius 1 is 1.39 bits per heavy atom. The van der Waals surface area contributed by atoms with Gasteiger partial charge in [0.1, 0.15) is 0 Å². The van der Waals surface area contributed by atoms with Crippen LogP contribution in [-0.4, -0.2) is 18.5 Å². The van der Waals surface area contributed by atoms with Crippen LogP contribution in [0, 0.1) is 12.8 Å². The molecular formula is C13H24N4S. The van der Waals surface area contributed by atoms with E-state index in [1.165, 1.54) is 9.75 Å². The van der Waals surface area contributed by atoms with Crippen LogP contribution in [0.5, 0.6) is 0 Å². The zero-order chi connectivity index (χ0) is 13.5. The summed E-state index contributed by atoms with van der Waals surface area (Å²) < 4.78 is 0. The first-order chi connectivity index (χ1) is 8.51. The van der Waals surface area contributed by atoms with Crippen LogP contribution in [0.4, 0.5) is 0 Å². The highest BCUT2D eigenvalue weighted by Crippen LogP contribution is 2.16. The lowest BCUT2D eigenvalue weighted by molar-refractivity contribution is 0.626. The molecule has 0 aliphatic carbocycles. The number of thiophene rings is 1. The van der Waals surface area contributed by atoms with E-state index >= 15 is 0 Å². The molecule has 1 aromatic heterocycles. The highest BCUT2D eigenvalue weighted by atomic mass is 32.1. The van der Waals surface area contributed by atoms with Crippen LogP contribution in [-0.2, 0) is 6.42 Å². The van der Waals surface area contributed by atoms with Gasteiger partial charge in [-0.1, -0.05) is 13.8 Å². The summed E-state index contributed by atoms with van der Waals surface area (Å²) in [6.45, 7) is 9.31. The van der Waals surface area contributed by atoms with Crippen LogP contribution < -0.4 is 16.6 Å². The predicted octanol–water partition coefficient (Wildman–Crippen LogP) is 2.05. The van der Waals surface area contributed by atoms with Gasteiger partial charge in [-0.2, -0.15) is 0 Å². The summed E-state index contributed by atoms with van der Waals surface area (Å²) >= 11 is 1.84. The fourth-order valence-corrected chi connectivity index (χ4v) is 2.61. The van der Waals surface area contributed by atoms with Gasteiger partial charge >= 0.3 is 0 Å². The molecule has 0 saturated heterocycles. The van der Waals surface area contributed by atoms with E-state index < -0.39 is 0 Å². The van der Waals surface area contributed by atoms with Crippen molar-refractivity contribution in [3.8, 4) is 0 Å². The Hall–Kier alpha value is -1.07. The molecule has 0 amide bonds. The third kappa shape index (κ3) is 5.51. The molecule has 0 fully saturated rings. The maximum Gasteiger partial charge on any atom is 0.205 e. The van der Waals surface area contributed by atoms with Crippen LogP contribution in [0.15, 0.2) is 17.1 Å². The van der Waals surface area contributed by atoms with Crippen molar-refractivity contribution in [2.45, 2.75) is 40.2 Å². The molecule has 102 valence electrons. The number of nitrogens with two attached hydrogens (primary N) is 1. The van der Waals surface area contributed by atoms with Crippen molar-refractivity contribution in [1.82, 2.24) is 10.7 Å². The summed E-state index contributed by atoms with van der Waals surface area (Å²) in [7, 11) is 0. The van der Waals surface area contributed by atoms with Gasteiger partial charge in [0, 0.05) is 28.8 Å². The summed E-state index contributed by atoms with van der Waals surface area (Å²) in [5.41, 5.74) is 2.62. The molecule has 1 rings (SSSR count). The molecule has 1 atom stereocenters. The number of nitrogens with zero attached hydrogens (tertiary/aromatic N) is 1. The number of hydrogen-bond donors (Lipinski definition) is 3. The molecule has 1 aromatic rings. The number of hydrogen-bond acceptors (Lipinski definition) is 3. The van der Waals surface area contributed by atoms with Gasteiger partial charge in [0.2, 0.25) is 5.96 Å². The fraction of sp³-hybridized carbons (Fsp3) is 0.615. The summed E-state index contributed by atoms with van der Waals surface area (Å²) in [6.07, 6.45) is 0.987. The zero-order valence-corrected chi connectivity index (χ0v) is 12.5. The Kier molecular flexibility index (Phi) is 6.15. The Balaban J connectivity index is 2.46. The van der Waals surface area contributed by atoms with Gasteiger partial charge < -0.3 is 5.32 Å². The van der Waals surface area contributed by atoms with Gasteiger partial charge in [-0.3, -0.25) is 10.4 Å². The van der Waals surface area contributed by atoms with Crippen molar-refractivity contribution in [3.63, 3.8) is 0 Å². The van der Waals surface area contributed by atoms with E-state index in [-0.39, 0.29) is 0 Å². The number of aryl methyl sites for hydroxylation is 1. The average Bonchev–Trinajstić information content (AvgIpc) is 2.69. The third-order valence-corrected chi connectivity index (χ3v) is 3.46. The molecule has 0 spiro atoms. The summed E-state index contributed by atoms with van der Waals surface area (Å²) in [6, 6.07) is 4.64. The third-order valence-electron chi connectivity index (χ3n) is 2.44. The van der Waals surface area contributed by atoms with Gasteiger partial charge in [0.15, 0.2) is 0 Å². The Bertz CT molecular complexity index is 384. The second kappa shape index (κ2) is 7.38. The smallest absolute Gasteiger partial charge is 0.205 e. The lowest BCUT2D eigenvalue weighted by Gasteiger charge is -2.16. The molecule has 18 heavy (non-hydrogen) atoms. The van der Waals surface area contributed by atoms with E-state index in [9.17, 15) is 0 Å². The first kappa shape index (κ1) is 15.0. The number of hydrazine groups is 1. The van der Waals surface area contributed by atoms with Crippen molar-refractivity contribution >= 4 is 17.3 Å². The quantitative estimate of drug-likeness (QED) is 0.331. The van der Waals surface area contributed by atoms with Crippen LogP contribution >= 0.6 is 11.3 Å². The van der Waals surface area contributed by atoms with Gasteiger partial charge in [0.25, 0.3) is 0 Å². The standard InChI is InChI=1S/C13H24N4S/c1-9(2)8-15-13(17-14)16-10(3)7-12-6-5-11(4)18-12/h5-6,9-10H,7-8,14H2,1-4H3,(H2,15,16,17). The molecular weight excluding hydrogens is 244 g/mol. The Morgan fingerprint density at radius 3 is 2.61 bits per heavy atom. The van der Waals surface area contributed by atoms with Gasteiger partial charge in [-0.15, -0.1) is 11.3 Å². The second-order valence-electron chi connectivity index (χ2n) is 4.99. The van der Waals surface area contributed by atoms with E-state index in [4.69, 9.17) is 5.84 Å². The molecule has 4 N–H and O–H groups in total. The van der Waals surface area contributed by atoms with Crippen molar-refractivity contribution in [1.29, 1.82) is 0 Å². The molecule has 5 heteroatoms. The summed E-state index contributed by atoms with van der Waals surface area (Å²) in [5, 5.41) is 3.30. The first-order valence-electron chi connectivity index (χ1n) is 6.34. The molecule has 0 saturated carbocycles. The Morgan fingerprint density at radius 2 is 2.11 bits per heavy atom. The summed E-state index contributed by atoms with van der Waals surface area (Å²) in [5.74, 6) is 6.67. The van der Waals surface area contributed by atoms with E-state index in [1.54, 1.807) is 0 Å². The fourth-order valence-electron chi connectivity index (χ4n) is 1.59. The maximum atomic E-state index is 5.46. The van der Waals surface area contributed by atoms with Gasteiger partial charge in [-0.05, 0) is 31.9 Å². The second-order valence-corrected chi connectivity index (χ2v) is 6.36. The minimum atomic E-state index is 0.310. The van der Waals surface area contributed by atoms with Crippen molar-refractivity contribution in [3.05, 3.63) is 21.9 Å². The minimum absolute atomic E-state index is 0.310. The normalized spacial score (nSPS) is 13.8. The molecule has 1 unspecified atom stereocenters. The summed E-state index contributed by atoms with van der Waals surface area (Å²) in [4.78, 5) is 7.13. The lowest BCUT2D eigenvalue weighted by Crippen LogP contribution is -2.46. The lowest BCUT2D eigenvalue weighted by atomic mass is 10.2. The van der Waals surface area contributed by atoms with Crippen molar-refractivity contribution in [2.75, 3.05) is 6.54 Å². The Labute approximate surface area is 114 Å². The monoisotopic (exact) mass is 268 g/mol. The number of rotatable bonds is 5. The van der Waals surface area contributed by atoms with Crippen molar-refractivity contribution < 1.29 is 0 Å². The zero-order valence-electron chi connectivity index (χ0n) is 11.7. The number of aliphatic imine (C=N–C) groups is 1. The molecule has 0 aliphatic heterocycles. The minimum Gasteiger partial charge on any atom is -0.353 e. The van der Waals surface area contributed by atoms with E-state index in [2.05, 4.69) is 55.6 Å². The maximum absolute atomic E-state index is 5.46. The van der Waals surface area contributed by atoms with Gasteiger partial charge in [0.05, 0.1) is 0 Å². The average molecular weight is 268 g/mol. The molecule has 0 bridgehead atoms.